The van der Waals surface area contributed by atoms with Crippen molar-refractivity contribution < 1.29 is 0 Å². The number of nitriles is 1. The van der Waals surface area contributed by atoms with Crippen LogP contribution in [0.5, 0.6) is 0 Å². The second kappa shape index (κ2) is 8.61. The molecule has 0 saturated carbocycles. The lowest BCUT2D eigenvalue weighted by molar-refractivity contribution is 0.744. The average Bonchev–Trinajstić information content (AvgIpc) is 3.13. The fourth-order valence-corrected chi connectivity index (χ4v) is 4.07. The van der Waals surface area contributed by atoms with Gasteiger partial charge in [0, 0.05) is 24.8 Å². The van der Waals surface area contributed by atoms with Crippen molar-refractivity contribution in [3.63, 3.8) is 0 Å². The first-order chi connectivity index (χ1) is 15.0. The van der Waals surface area contributed by atoms with E-state index in [1.165, 1.54) is 5.56 Å². The van der Waals surface area contributed by atoms with E-state index in [-0.39, 0.29) is 6.04 Å². The highest BCUT2D eigenvalue weighted by Crippen LogP contribution is 2.26. The van der Waals surface area contributed by atoms with Crippen LogP contribution in [-0.2, 0) is 13.0 Å². The molecule has 0 amide bonds. The molecule has 1 unspecified atom stereocenters. The summed E-state index contributed by atoms with van der Waals surface area (Å²) in [5.41, 5.74) is 7.29. The van der Waals surface area contributed by atoms with Crippen molar-refractivity contribution >= 4 is 16.9 Å². The molecule has 4 aromatic rings. The predicted molar refractivity (Wildman–Crippen MR) is 125 cm³/mol. The molecule has 0 aliphatic heterocycles. The SMILES string of the molecule is CCc1nc2c(C)cc(C)nc2n1Cc1ccc(N(C)C(C#N)c2ccccc2)cc1. The summed E-state index contributed by atoms with van der Waals surface area (Å²) in [6.45, 7) is 6.97. The molecular weight excluding hydrogens is 382 g/mol. The molecule has 0 bridgehead atoms. The first-order valence-corrected chi connectivity index (χ1v) is 10.6. The van der Waals surface area contributed by atoms with Crippen molar-refractivity contribution in [3.05, 3.63) is 88.9 Å². The molecule has 156 valence electrons. The Morgan fingerprint density at radius 2 is 1.74 bits per heavy atom. The maximum Gasteiger partial charge on any atom is 0.160 e. The second-order valence-electron chi connectivity index (χ2n) is 7.94. The second-order valence-corrected chi connectivity index (χ2v) is 7.94. The Kier molecular flexibility index (Phi) is 5.73. The number of fused-ring (bicyclic) bond motifs is 1. The molecule has 0 aliphatic carbocycles. The standard InChI is InChI=1S/C26H27N5/c1-5-24-29-25-18(2)15-19(3)28-26(25)31(24)17-20-11-13-22(14-12-20)30(4)23(16-27)21-9-7-6-8-10-21/h6-15,23H,5,17H2,1-4H3. The average molecular weight is 410 g/mol. The van der Waals surface area contributed by atoms with Crippen LogP contribution in [0.1, 0.15) is 41.2 Å². The highest BCUT2D eigenvalue weighted by atomic mass is 15.1. The van der Waals surface area contributed by atoms with Crippen molar-refractivity contribution in [1.82, 2.24) is 14.5 Å². The van der Waals surface area contributed by atoms with Crippen LogP contribution in [0.4, 0.5) is 5.69 Å². The van der Waals surface area contributed by atoms with Crippen LogP contribution in [0.25, 0.3) is 11.2 Å². The summed E-state index contributed by atoms with van der Waals surface area (Å²) in [7, 11) is 1.96. The largest absolute Gasteiger partial charge is 0.355 e. The Hall–Kier alpha value is -3.65. The van der Waals surface area contributed by atoms with E-state index in [0.29, 0.717) is 0 Å². The zero-order valence-corrected chi connectivity index (χ0v) is 18.5. The summed E-state index contributed by atoms with van der Waals surface area (Å²) in [6.07, 6.45) is 0.858. The smallest absolute Gasteiger partial charge is 0.160 e. The van der Waals surface area contributed by atoms with Crippen LogP contribution in [0, 0.1) is 25.2 Å². The number of aryl methyl sites for hydroxylation is 3. The third-order valence-electron chi connectivity index (χ3n) is 5.73. The molecule has 0 fully saturated rings. The summed E-state index contributed by atoms with van der Waals surface area (Å²) in [6, 6.07) is 22.5. The van der Waals surface area contributed by atoms with E-state index in [2.05, 4.69) is 54.8 Å². The number of rotatable bonds is 6. The third-order valence-corrected chi connectivity index (χ3v) is 5.73. The minimum atomic E-state index is -0.327. The van der Waals surface area contributed by atoms with Gasteiger partial charge in [-0.15, -0.1) is 0 Å². The minimum Gasteiger partial charge on any atom is -0.355 e. The molecular formula is C26H27N5. The maximum atomic E-state index is 9.73. The molecule has 0 radical (unpaired) electrons. The molecule has 0 aliphatic rings. The lowest BCUT2D eigenvalue weighted by atomic mass is 10.1. The van der Waals surface area contributed by atoms with Gasteiger partial charge in [-0.1, -0.05) is 49.4 Å². The molecule has 0 saturated heterocycles. The number of hydrogen-bond acceptors (Lipinski definition) is 4. The Balaban J connectivity index is 1.62. The Morgan fingerprint density at radius 1 is 1.03 bits per heavy atom. The normalized spacial score (nSPS) is 12.0. The van der Waals surface area contributed by atoms with Crippen molar-refractivity contribution in [3.8, 4) is 6.07 Å². The Bertz CT molecular complexity index is 1230. The summed E-state index contributed by atoms with van der Waals surface area (Å²) >= 11 is 0. The van der Waals surface area contributed by atoms with Crippen LogP contribution in [0.15, 0.2) is 60.7 Å². The number of pyridine rings is 1. The van der Waals surface area contributed by atoms with Crippen LogP contribution < -0.4 is 4.90 Å². The van der Waals surface area contributed by atoms with Gasteiger partial charge in [0.2, 0.25) is 0 Å². The van der Waals surface area contributed by atoms with E-state index in [4.69, 9.17) is 9.97 Å². The quantitative estimate of drug-likeness (QED) is 0.430. The lowest BCUT2D eigenvalue weighted by Crippen LogP contribution is -2.22. The summed E-state index contributed by atoms with van der Waals surface area (Å²) < 4.78 is 2.22. The van der Waals surface area contributed by atoms with Crippen LogP contribution >= 0.6 is 0 Å². The maximum absolute atomic E-state index is 9.73. The lowest BCUT2D eigenvalue weighted by Gasteiger charge is -2.25. The van der Waals surface area contributed by atoms with Crippen molar-refractivity contribution in [2.24, 2.45) is 0 Å². The van der Waals surface area contributed by atoms with Gasteiger partial charge in [-0.25, -0.2) is 9.97 Å². The number of benzene rings is 2. The molecule has 5 heteroatoms. The van der Waals surface area contributed by atoms with Gasteiger partial charge in [0.15, 0.2) is 5.65 Å². The first kappa shape index (κ1) is 20.6. The topological polar surface area (TPSA) is 57.7 Å². The van der Waals surface area contributed by atoms with E-state index < -0.39 is 0 Å². The highest BCUT2D eigenvalue weighted by molar-refractivity contribution is 5.76. The van der Waals surface area contributed by atoms with E-state index in [9.17, 15) is 5.26 Å². The van der Waals surface area contributed by atoms with Crippen LogP contribution in [0.2, 0.25) is 0 Å². The highest BCUT2D eigenvalue weighted by Gasteiger charge is 2.17. The fraction of sp³-hybridized carbons (Fsp3) is 0.269. The van der Waals surface area contributed by atoms with Crippen LogP contribution in [-0.4, -0.2) is 21.6 Å². The van der Waals surface area contributed by atoms with Crippen molar-refractivity contribution in [1.29, 1.82) is 5.26 Å². The van der Waals surface area contributed by atoms with E-state index in [0.717, 1.165) is 52.5 Å². The van der Waals surface area contributed by atoms with Gasteiger partial charge < -0.3 is 9.47 Å². The van der Waals surface area contributed by atoms with E-state index in [1.807, 2.05) is 49.2 Å². The summed E-state index contributed by atoms with van der Waals surface area (Å²) in [5.74, 6) is 1.05. The molecule has 4 rings (SSSR count). The van der Waals surface area contributed by atoms with Gasteiger partial charge in [0.05, 0.1) is 12.6 Å². The van der Waals surface area contributed by atoms with Gasteiger partial charge in [-0.2, -0.15) is 5.26 Å². The Morgan fingerprint density at radius 3 is 2.39 bits per heavy atom. The molecule has 31 heavy (non-hydrogen) atoms. The van der Waals surface area contributed by atoms with E-state index >= 15 is 0 Å². The number of anilines is 1. The Labute approximate surface area is 183 Å². The predicted octanol–water partition coefficient (Wildman–Crippen LogP) is 5.36. The van der Waals surface area contributed by atoms with Crippen molar-refractivity contribution in [2.75, 3.05) is 11.9 Å². The first-order valence-electron chi connectivity index (χ1n) is 10.6. The summed E-state index contributed by atoms with van der Waals surface area (Å²) in [4.78, 5) is 11.6. The van der Waals surface area contributed by atoms with Gasteiger partial charge in [-0.05, 0) is 48.7 Å². The van der Waals surface area contributed by atoms with Crippen molar-refractivity contribution in [2.45, 2.75) is 39.8 Å². The molecule has 1 atom stereocenters. The minimum absolute atomic E-state index is 0.327. The van der Waals surface area contributed by atoms with Gasteiger partial charge in [0.1, 0.15) is 17.4 Å². The number of hydrogen-bond donors (Lipinski definition) is 0. The molecule has 2 heterocycles. The van der Waals surface area contributed by atoms with Crippen LogP contribution in [0.3, 0.4) is 0 Å². The monoisotopic (exact) mass is 409 g/mol. The number of aromatic nitrogens is 3. The van der Waals surface area contributed by atoms with Gasteiger partial charge in [0.25, 0.3) is 0 Å². The molecule has 2 aromatic carbocycles. The zero-order valence-electron chi connectivity index (χ0n) is 18.5. The third kappa shape index (κ3) is 4.02. The summed E-state index contributed by atoms with van der Waals surface area (Å²) in [5, 5.41) is 9.73. The number of imidazole rings is 1. The molecule has 0 N–H and O–H groups in total. The molecule has 0 spiro atoms. The molecule has 5 nitrogen and oxygen atoms in total. The fourth-order valence-electron chi connectivity index (χ4n) is 4.07. The molecule has 2 aromatic heterocycles. The zero-order chi connectivity index (χ0) is 22.0. The number of nitrogens with zero attached hydrogens (tertiary/aromatic N) is 5. The van der Waals surface area contributed by atoms with Gasteiger partial charge >= 0.3 is 0 Å². The van der Waals surface area contributed by atoms with E-state index in [1.54, 1.807) is 0 Å². The van der Waals surface area contributed by atoms with Gasteiger partial charge in [-0.3, -0.25) is 0 Å².